The van der Waals surface area contributed by atoms with Gasteiger partial charge in [0.15, 0.2) is 0 Å². The zero-order chi connectivity index (χ0) is 39.2. The third-order valence-electron chi connectivity index (χ3n) is 7.74. The summed E-state index contributed by atoms with van der Waals surface area (Å²) in [7, 11) is -17.8. The maximum Gasteiger partial charge on any atom is 0.323 e. The van der Waals surface area contributed by atoms with E-state index in [4.69, 9.17) is 0 Å². The molecule has 6 aromatic rings. The quantitative estimate of drug-likeness (QED) is 0.0657. The van der Waals surface area contributed by atoms with Crippen molar-refractivity contribution >= 4 is 90.6 Å². The highest BCUT2D eigenvalue weighted by Crippen LogP contribution is 2.34. The van der Waals surface area contributed by atoms with Gasteiger partial charge in [0.25, 0.3) is 40.3 Å². The fraction of sp³-hybridized carbons (Fsp3) is 0. The van der Waals surface area contributed by atoms with Crippen molar-refractivity contribution in [2.24, 2.45) is 0 Å². The van der Waals surface area contributed by atoms with E-state index in [-0.39, 0.29) is 43.3 Å². The van der Waals surface area contributed by atoms with Crippen LogP contribution < -0.4 is 20.1 Å². The molecule has 0 saturated carbocycles. The zero-order valence-electron chi connectivity index (χ0n) is 27.0. The van der Waals surface area contributed by atoms with Gasteiger partial charge in [0.05, 0.1) is 31.0 Å². The first-order valence-corrected chi connectivity index (χ1v) is 20.8. The first-order chi connectivity index (χ1) is 25.2. The van der Waals surface area contributed by atoms with Gasteiger partial charge in [-0.05, 0) is 106 Å². The summed E-state index contributed by atoms with van der Waals surface area (Å²) in [4.78, 5) is 11.4. The Morgan fingerprint density at radius 3 is 1.20 bits per heavy atom. The lowest BCUT2D eigenvalue weighted by molar-refractivity contribution is 0.262. The molecule has 0 radical (unpaired) electrons. The summed E-state index contributed by atoms with van der Waals surface area (Å²) < 4.78 is 122. The molecule has 8 N–H and O–H groups in total. The first-order valence-electron chi connectivity index (χ1n) is 15.0. The standard InChI is InChI=1S/C33H26N4O13S4/c38-31-15-21-11-27(53(45,46)47)9-7-19(21)13-29(31)36-51(41,42)25-5-1-3-23(17-25)34-33(40)35-24-4-2-6-26(18-24)52(43,44)37-30-14-20-8-10-28(54(48,49)50)12-22(20)16-32(30)39/h1-18,36-39H,(H2,34,35,40)(H,45,46,47)(H,48,49,50). The van der Waals surface area contributed by atoms with Gasteiger partial charge in [-0.3, -0.25) is 18.5 Å². The molecule has 21 heteroatoms. The molecule has 17 nitrogen and oxygen atoms in total. The monoisotopic (exact) mass is 814 g/mol. The van der Waals surface area contributed by atoms with E-state index in [1.54, 1.807) is 0 Å². The molecule has 0 aliphatic carbocycles. The number of urea groups is 1. The Morgan fingerprint density at radius 2 is 0.833 bits per heavy atom. The summed E-state index contributed by atoms with van der Waals surface area (Å²) in [5.41, 5.74) is -0.464. The number of fused-ring (bicyclic) bond motifs is 2. The second-order valence-corrected chi connectivity index (χ2v) is 17.8. The summed E-state index contributed by atoms with van der Waals surface area (Å²) in [6.07, 6.45) is 0. The van der Waals surface area contributed by atoms with Gasteiger partial charge in [0.2, 0.25) is 0 Å². The number of rotatable bonds is 10. The molecule has 0 aliphatic rings. The number of amides is 2. The number of carbonyl (C=O) groups is 1. The van der Waals surface area contributed by atoms with E-state index in [2.05, 4.69) is 20.1 Å². The normalized spacial score (nSPS) is 12.3. The summed E-state index contributed by atoms with van der Waals surface area (Å²) in [5, 5.41) is 26.9. The number of carbonyl (C=O) groups excluding carboxylic acids is 1. The summed E-state index contributed by atoms with van der Waals surface area (Å²) in [6, 6.07) is 20.9. The highest BCUT2D eigenvalue weighted by Gasteiger charge is 2.21. The molecule has 0 aromatic heterocycles. The van der Waals surface area contributed by atoms with Gasteiger partial charge in [-0.15, -0.1) is 0 Å². The van der Waals surface area contributed by atoms with Gasteiger partial charge in [-0.1, -0.05) is 24.3 Å². The minimum atomic E-state index is -4.52. The maximum atomic E-state index is 13.2. The van der Waals surface area contributed by atoms with Crippen molar-refractivity contribution in [3.8, 4) is 11.5 Å². The van der Waals surface area contributed by atoms with Crippen LogP contribution in [0.3, 0.4) is 0 Å². The molecule has 54 heavy (non-hydrogen) atoms. The van der Waals surface area contributed by atoms with Gasteiger partial charge in [0.1, 0.15) is 11.5 Å². The van der Waals surface area contributed by atoms with Crippen LogP contribution in [-0.2, 0) is 40.3 Å². The number of hydrogen-bond donors (Lipinski definition) is 8. The molecule has 0 heterocycles. The smallest absolute Gasteiger partial charge is 0.323 e. The molecule has 280 valence electrons. The number of hydrogen-bond acceptors (Lipinski definition) is 11. The first kappa shape index (κ1) is 37.8. The lowest BCUT2D eigenvalue weighted by Gasteiger charge is -2.14. The molecule has 0 saturated heterocycles. The van der Waals surface area contributed by atoms with Crippen molar-refractivity contribution in [2.45, 2.75) is 19.6 Å². The van der Waals surface area contributed by atoms with Crippen LogP contribution in [0.1, 0.15) is 0 Å². The summed E-state index contributed by atoms with van der Waals surface area (Å²) in [5.74, 6) is -1.09. The highest BCUT2D eigenvalue weighted by molar-refractivity contribution is 7.93. The average molecular weight is 815 g/mol. The molecule has 6 aromatic carbocycles. The van der Waals surface area contributed by atoms with Crippen molar-refractivity contribution in [3.05, 3.63) is 109 Å². The van der Waals surface area contributed by atoms with Crippen LogP contribution in [0.2, 0.25) is 0 Å². The van der Waals surface area contributed by atoms with Gasteiger partial charge >= 0.3 is 6.03 Å². The average Bonchev–Trinajstić information content (AvgIpc) is 3.07. The molecular weight excluding hydrogens is 789 g/mol. The van der Waals surface area contributed by atoms with E-state index in [9.17, 15) is 57.8 Å². The van der Waals surface area contributed by atoms with Crippen LogP contribution in [0.25, 0.3) is 21.5 Å². The second-order valence-electron chi connectivity index (χ2n) is 11.6. The number of phenols is 2. The SMILES string of the molecule is O=C(Nc1cccc(S(=O)(=O)Nc2cc3ccc(S(=O)(=O)O)cc3cc2O)c1)Nc1cccc(S(=O)(=O)Nc2cc3ccc(S(=O)(=O)O)cc3cc2O)c1. The Morgan fingerprint density at radius 1 is 0.444 bits per heavy atom. The molecule has 0 fully saturated rings. The molecule has 0 aliphatic heterocycles. The number of phenolic OH excluding ortho intramolecular Hbond substituents is 2. The van der Waals surface area contributed by atoms with Crippen LogP contribution >= 0.6 is 0 Å². The van der Waals surface area contributed by atoms with E-state index < -0.39 is 67.6 Å². The third-order valence-corrected chi connectivity index (χ3v) is 12.2. The Balaban J connectivity index is 1.15. The number of nitrogens with one attached hydrogen (secondary N) is 4. The minimum absolute atomic E-state index is 0.0109. The lowest BCUT2D eigenvalue weighted by atomic mass is 10.1. The van der Waals surface area contributed by atoms with Gasteiger partial charge < -0.3 is 20.8 Å². The number of aromatic hydroxyl groups is 2. The zero-order valence-corrected chi connectivity index (χ0v) is 30.3. The predicted molar refractivity (Wildman–Crippen MR) is 198 cm³/mol. The highest BCUT2D eigenvalue weighted by atomic mass is 32.2. The van der Waals surface area contributed by atoms with E-state index in [0.717, 1.165) is 48.5 Å². The minimum Gasteiger partial charge on any atom is -0.506 e. The molecule has 0 spiro atoms. The summed E-state index contributed by atoms with van der Waals surface area (Å²) in [6.45, 7) is 0. The third kappa shape index (κ3) is 8.30. The Kier molecular flexibility index (Phi) is 9.64. The lowest BCUT2D eigenvalue weighted by Crippen LogP contribution is -2.20. The molecule has 0 bridgehead atoms. The van der Waals surface area contributed by atoms with Crippen LogP contribution in [-0.4, -0.2) is 59.0 Å². The van der Waals surface area contributed by atoms with Crippen molar-refractivity contribution in [1.82, 2.24) is 0 Å². The molecular formula is C33H26N4O13S4. The topological polar surface area (TPSA) is 283 Å². The van der Waals surface area contributed by atoms with E-state index in [1.807, 2.05) is 0 Å². The molecule has 6 rings (SSSR count). The number of sulfonamides is 2. The Hall–Kier alpha value is -5.97. The van der Waals surface area contributed by atoms with Crippen molar-refractivity contribution in [2.75, 3.05) is 20.1 Å². The van der Waals surface area contributed by atoms with Crippen LogP contribution in [0.5, 0.6) is 11.5 Å². The summed E-state index contributed by atoms with van der Waals surface area (Å²) >= 11 is 0. The fourth-order valence-corrected chi connectivity index (χ4v) is 8.45. The van der Waals surface area contributed by atoms with Crippen LogP contribution in [0.15, 0.2) is 129 Å². The van der Waals surface area contributed by atoms with Crippen LogP contribution in [0, 0.1) is 0 Å². The van der Waals surface area contributed by atoms with E-state index >= 15 is 0 Å². The van der Waals surface area contributed by atoms with Crippen molar-refractivity contribution in [3.63, 3.8) is 0 Å². The number of anilines is 4. The van der Waals surface area contributed by atoms with E-state index in [0.29, 0.717) is 10.8 Å². The van der Waals surface area contributed by atoms with E-state index in [1.165, 1.54) is 60.7 Å². The Bertz CT molecular complexity index is 2770. The van der Waals surface area contributed by atoms with Crippen molar-refractivity contribution in [1.29, 1.82) is 0 Å². The number of benzene rings is 6. The molecule has 0 atom stereocenters. The van der Waals surface area contributed by atoms with Gasteiger partial charge in [0, 0.05) is 11.4 Å². The van der Waals surface area contributed by atoms with Crippen molar-refractivity contribution < 1.29 is 57.8 Å². The van der Waals surface area contributed by atoms with Gasteiger partial charge in [-0.25, -0.2) is 21.6 Å². The van der Waals surface area contributed by atoms with Gasteiger partial charge in [-0.2, -0.15) is 16.8 Å². The second kappa shape index (κ2) is 13.8. The maximum absolute atomic E-state index is 13.2. The molecule has 2 amide bonds. The largest absolute Gasteiger partial charge is 0.506 e. The van der Waals surface area contributed by atoms with Crippen LogP contribution in [0.4, 0.5) is 27.5 Å². The molecule has 0 unspecified atom stereocenters. The Labute approximate surface area is 307 Å². The fourth-order valence-electron chi connectivity index (χ4n) is 5.19. The predicted octanol–water partition coefficient (Wildman–Crippen LogP) is 5.14.